The molecule has 0 radical (unpaired) electrons. The SMILES string of the molecule is C=C1CNc2ccc(C)cc21.CC.CC.CC.CC.Cc1cccc(C)c1.[HH]. The van der Waals surface area contributed by atoms with Crippen LogP contribution in [0.25, 0.3) is 5.57 Å². The van der Waals surface area contributed by atoms with Crippen LogP contribution in [0, 0.1) is 20.8 Å². The fraction of sp³-hybridized carbons (Fsp3) is 0.462. The van der Waals surface area contributed by atoms with Crippen molar-refractivity contribution in [3.05, 3.63) is 71.3 Å². The third-order valence-electron chi connectivity index (χ3n) is 3.22. The van der Waals surface area contributed by atoms with Crippen LogP contribution in [-0.4, -0.2) is 6.54 Å². The maximum Gasteiger partial charge on any atom is 0.0419 e. The summed E-state index contributed by atoms with van der Waals surface area (Å²) in [6.07, 6.45) is 0. The Morgan fingerprint density at radius 3 is 1.56 bits per heavy atom. The van der Waals surface area contributed by atoms with E-state index in [1.54, 1.807) is 0 Å². The smallest absolute Gasteiger partial charge is 0.0419 e. The third kappa shape index (κ3) is 12.9. The van der Waals surface area contributed by atoms with Crippen LogP contribution < -0.4 is 5.32 Å². The summed E-state index contributed by atoms with van der Waals surface area (Å²) >= 11 is 0. The molecule has 0 bridgehead atoms. The number of nitrogens with one attached hydrogen (secondary N) is 1. The van der Waals surface area contributed by atoms with Crippen LogP contribution in [0.1, 0.15) is 79.1 Å². The Balaban J connectivity index is -0.000000151. The number of hydrogen-bond acceptors (Lipinski definition) is 1. The second-order valence-electron chi connectivity index (χ2n) is 5.16. The number of benzene rings is 2. The molecule has 0 aromatic heterocycles. The van der Waals surface area contributed by atoms with Crippen LogP contribution >= 0.6 is 0 Å². The number of hydrogen-bond donors (Lipinski definition) is 1. The van der Waals surface area contributed by atoms with Crippen LogP contribution in [0.4, 0.5) is 5.69 Å². The van der Waals surface area contributed by atoms with Gasteiger partial charge in [-0.3, -0.25) is 0 Å². The molecule has 0 atom stereocenters. The molecule has 0 saturated carbocycles. The molecule has 3 rings (SSSR count). The van der Waals surface area contributed by atoms with Gasteiger partial charge in [0.15, 0.2) is 0 Å². The Kier molecular flexibility index (Phi) is 22.3. The van der Waals surface area contributed by atoms with Crippen LogP contribution in [-0.2, 0) is 0 Å². The van der Waals surface area contributed by atoms with Crippen molar-refractivity contribution in [1.82, 2.24) is 0 Å². The van der Waals surface area contributed by atoms with E-state index in [1.807, 2.05) is 55.4 Å². The van der Waals surface area contributed by atoms with Gasteiger partial charge in [0, 0.05) is 19.2 Å². The summed E-state index contributed by atoms with van der Waals surface area (Å²) in [5.41, 5.74) is 7.68. The lowest BCUT2D eigenvalue weighted by Crippen LogP contribution is -1.89. The molecule has 1 nitrogen and oxygen atoms in total. The fourth-order valence-electron chi connectivity index (χ4n) is 2.21. The molecular formula is C26H47N. The number of aryl methyl sites for hydroxylation is 3. The minimum Gasteiger partial charge on any atom is -0.380 e. The van der Waals surface area contributed by atoms with Crippen LogP contribution in [0.5, 0.6) is 0 Å². The van der Waals surface area contributed by atoms with Crippen molar-refractivity contribution >= 4 is 11.3 Å². The van der Waals surface area contributed by atoms with E-state index in [-0.39, 0.29) is 1.43 Å². The average molecular weight is 374 g/mol. The van der Waals surface area contributed by atoms with Crippen molar-refractivity contribution in [1.29, 1.82) is 0 Å². The van der Waals surface area contributed by atoms with Crippen LogP contribution in [0.15, 0.2) is 49.0 Å². The van der Waals surface area contributed by atoms with E-state index in [4.69, 9.17) is 0 Å². The van der Waals surface area contributed by atoms with Gasteiger partial charge in [-0.05, 0) is 38.5 Å². The quantitative estimate of drug-likeness (QED) is 0.485. The highest BCUT2D eigenvalue weighted by Crippen LogP contribution is 2.29. The first-order valence-corrected chi connectivity index (χ1v) is 10.6. The molecule has 1 aliphatic heterocycles. The van der Waals surface area contributed by atoms with Gasteiger partial charge in [0.1, 0.15) is 0 Å². The molecule has 27 heavy (non-hydrogen) atoms. The summed E-state index contributed by atoms with van der Waals surface area (Å²) in [5.74, 6) is 0. The molecule has 1 heteroatoms. The summed E-state index contributed by atoms with van der Waals surface area (Å²) in [6.45, 7) is 27.2. The van der Waals surface area contributed by atoms with Gasteiger partial charge < -0.3 is 5.32 Å². The average Bonchev–Trinajstić information content (AvgIpc) is 3.09. The minimum atomic E-state index is 0. The predicted octanol–water partition coefficient (Wildman–Crippen LogP) is 9.09. The van der Waals surface area contributed by atoms with Gasteiger partial charge in [-0.1, -0.05) is 109 Å². The van der Waals surface area contributed by atoms with E-state index in [1.165, 1.54) is 33.5 Å². The zero-order valence-electron chi connectivity index (χ0n) is 20.0. The largest absolute Gasteiger partial charge is 0.380 e. The van der Waals surface area contributed by atoms with Gasteiger partial charge in [0.25, 0.3) is 0 Å². The molecule has 156 valence electrons. The summed E-state index contributed by atoms with van der Waals surface area (Å²) in [5, 5.41) is 3.28. The first kappa shape index (κ1) is 29.7. The van der Waals surface area contributed by atoms with Crippen molar-refractivity contribution in [3.8, 4) is 0 Å². The Morgan fingerprint density at radius 2 is 1.15 bits per heavy atom. The Hall–Kier alpha value is -2.02. The van der Waals surface area contributed by atoms with Crippen molar-refractivity contribution in [2.45, 2.75) is 76.2 Å². The van der Waals surface area contributed by atoms with Crippen molar-refractivity contribution in [2.24, 2.45) is 0 Å². The normalized spacial score (nSPS) is 9.52. The molecular weight excluding hydrogens is 326 g/mol. The fourth-order valence-corrected chi connectivity index (χ4v) is 2.21. The van der Waals surface area contributed by atoms with E-state index < -0.39 is 0 Å². The van der Waals surface area contributed by atoms with E-state index >= 15 is 0 Å². The standard InChI is InChI=1S/C10H11N.C8H10.4C2H6.H2/c1-7-3-4-10-9(5-7)8(2)6-11-10;1-7-4-3-5-8(2)6-7;4*1-2;/h3-5,11H,2,6H2,1H3;3-6H,1-2H3;4*1-2H3;1H. The van der Waals surface area contributed by atoms with Crippen LogP contribution in [0.2, 0.25) is 0 Å². The van der Waals surface area contributed by atoms with E-state index in [9.17, 15) is 0 Å². The molecule has 0 spiro atoms. The van der Waals surface area contributed by atoms with Gasteiger partial charge in [-0.15, -0.1) is 0 Å². The Bertz CT molecular complexity index is 586. The van der Waals surface area contributed by atoms with Crippen molar-refractivity contribution in [3.63, 3.8) is 0 Å². The zero-order chi connectivity index (χ0) is 21.8. The molecule has 0 amide bonds. The predicted molar refractivity (Wildman–Crippen MR) is 132 cm³/mol. The second kappa shape index (κ2) is 20.3. The molecule has 1 aliphatic rings. The molecule has 1 heterocycles. The number of fused-ring (bicyclic) bond motifs is 1. The van der Waals surface area contributed by atoms with E-state index in [2.05, 4.69) is 75.1 Å². The first-order valence-electron chi connectivity index (χ1n) is 10.6. The molecule has 0 saturated heterocycles. The summed E-state index contributed by atoms with van der Waals surface area (Å²) in [6, 6.07) is 14.9. The maximum absolute atomic E-state index is 3.97. The highest BCUT2D eigenvalue weighted by atomic mass is 14.9. The Labute approximate surface area is 172 Å². The summed E-state index contributed by atoms with van der Waals surface area (Å²) in [4.78, 5) is 0. The topological polar surface area (TPSA) is 12.0 Å². The monoisotopic (exact) mass is 373 g/mol. The molecule has 0 aliphatic carbocycles. The molecule has 1 N–H and O–H groups in total. The minimum absolute atomic E-state index is 0. The highest BCUT2D eigenvalue weighted by Gasteiger charge is 2.12. The summed E-state index contributed by atoms with van der Waals surface area (Å²) in [7, 11) is 0. The zero-order valence-corrected chi connectivity index (χ0v) is 20.0. The lowest BCUT2D eigenvalue weighted by Gasteiger charge is -1.99. The van der Waals surface area contributed by atoms with Crippen molar-refractivity contribution < 1.29 is 1.43 Å². The van der Waals surface area contributed by atoms with Gasteiger partial charge in [0.05, 0.1) is 0 Å². The van der Waals surface area contributed by atoms with Gasteiger partial charge in [-0.2, -0.15) is 0 Å². The highest BCUT2D eigenvalue weighted by molar-refractivity contribution is 5.83. The Morgan fingerprint density at radius 1 is 0.704 bits per heavy atom. The number of anilines is 1. The summed E-state index contributed by atoms with van der Waals surface area (Å²) < 4.78 is 0. The lowest BCUT2D eigenvalue weighted by atomic mass is 10.1. The van der Waals surface area contributed by atoms with Gasteiger partial charge in [0.2, 0.25) is 0 Å². The van der Waals surface area contributed by atoms with Gasteiger partial charge >= 0.3 is 0 Å². The second-order valence-corrected chi connectivity index (χ2v) is 5.16. The van der Waals surface area contributed by atoms with E-state index in [0.717, 1.165) is 6.54 Å². The van der Waals surface area contributed by atoms with E-state index in [0.29, 0.717) is 0 Å². The van der Waals surface area contributed by atoms with Gasteiger partial charge in [-0.25, -0.2) is 0 Å². The molecule has 2 aromatic rings. The van der Waals surface area contributed by atoms with Crippen LogP contribution in [0.3, 0.4) is 0 Å². The molecule has 0 unspecified atom stereocenters. The molecule has 2 aromatic carbocycles. The molecule has 0 fully saturated rings. The van der Waals surface area contributed by atoms with Crippen molar-refractivity contribution in [2.75, 3.05) is 11.9 Å². The maximum atomic E-state index is 3.97. The lowest BCUT2D eigenvalue weighted by molar-refractivity contribution is 1.39. The third-order valence-corrected chi connectivity index (χ3v) is 3.22. The first-order chi connectivity index (χ1) is 13.1. The number of rotatable bonds is 0.